The quantitative estimate of drug-likeness (QED) is 0.638. The van der Waals surface area contributed by atoms with Crippen molar-refractivity contribution in [3.63, 3.8) is 0 Å². The first-order valence-electron chi connectivity index (χ1n) is 10.0. The predicted octanol–water partition coefficient (Wildman–Crippen LogP) is 4.15. The molecule has 1 aliphatic rings. The molecule has 0 radical (unpaired) electrons. The van der Waals surface area contributed by atoms with Crippen LogP contribution in [0.1, 0.15) is 25.3 Å². The fraction of sp³-hybridized carbons (Fsp3) is 0.364. The molecular formula is C22H25ClN4O2. The van der Waals surface area contributed by atoms with Gasteiger partial charge in [-0.15, -0.1) is 0 Å². The van der Waals surface area contributed by atoms with Crippen LogP contribution in [0.15, 0.2) is 42.5 Å². The number of rotatable bonds is 6. The Hall–Kier alpha value is -2.73. The number of aromatic nitrogens is 2. The number of hydrogen-bond acceptors (Lipinski definition) is 4. The number of piperidine rings is 1. The third-order valence-corrected chi connectivity index (χ3v) is 5.56. The number of anilines is 1. The van der Waals surface area contributed by atoms with Crippen LogP contribution in [0.25, 0.3) is 11.0 Å². The van der Waals surface area contributed by atoms with Gasteiger partial charge in [0.25, 0.3) is 0 Å². The molecule has 0 aliphatic carbocycles. The molecule has 1 aromatic heterocycles. The summed E-state index contributed by atoms with van der Waals surface area (Å²) in [6.45, 7) is 4.64. The van der Waals surface area contributed by atoms with Crippen molar-refractivity contribution in [1.29, 1.82) is 0 Å². The Bertz CT molecular complexity index is 995. The summed E-state index contributed by atoms with van der Waals surface area (Å²) in [5, 5.41) is 3.76. The molecule has 2 N–H and O–H groups in total. The summed E-state index contributed by atoms with van der Waals surface area (Å²) in [5.74, 6) is 1.79. The van der Waals surface area contributed by atoms with Gasteiger partial charge in [0.15, 0.2) is 0 Å². The van der Waals surface area contributed by atoms with E-state index in [1.165, 1.54) is 0 Å². The Morgan fingerprint density at radius 1 is 1.28 bits per heavy atom. The maximum absolute atomic E-state index is 12.7. The first kappa shape index (κ1) is 19.6. The molecule has 0 unspecified atom stereocenters. The summed E-state index contributed by atoms with van der Waals surface area (Å²) in [6.07, 6.45) is 1.60. The molecule has 0 spiro atoms. The van der Waals surface area contributed by atoms with Gasteiger partial charge in [0, 0.05) is 36.1 Å². The van der Waals surface area contributed by atoms with Crippen LogP contribution in [0.5, 0.6) is 5.75 Å². The van der Waals surface area contributed by atoms with Gasteiger partial charge in [-0.1, -0.05) is 29.8 Å². The SMILES string of the molecule is CCOc1ccccc1CNC(=O)C1CCN(c2nc3ccc(Cl)cc3[nH]2)CC1. The fourth-order valence-corrected chi connectivity index (χ4v) is 3.92. The number of para-hydroxylation sites is 1. The van der Waals surface area contributed by atoms with E-state index < -0.39 is 0 Å². The molecule has 29 heavy (non-hydrogen) atoms. The number of carbonyl (C=O) groups excluding carboxylic acids is 1. The van der Waals surface area contributed by atoms with Crippen LogP contribution in [0.3, 0.4) is 0 Å². The van der Waals surface area contributed by atoms with Crippen molar-refractivity contribution in [1.82, 2.24) is 15.3 Å². The smallest absolute Gasteiger partial charge is 0.223 e. The van der Waals surface area contributed by atoms with E-state index in [4.69, 9.17) is 16.3 Å². The van der Waals surface area contributed by atoms with Crippen molar-refractivity contribution in [2.45, 2.75) is 26.3 Å². The van der Waals surface area contributed by atoms with E-state index in [0.717, 1.165) is 54.2 Å². The maximum atomic E-state index is 12.7. The number of halogens is 1. The minimum Gasteiger partial charge on any atom is -0.494 e. The second kappa shape index (κ2) is 8.74. The van der Waals surface area contributed by atoms with E-state index in [1.807, 2.05) is 49.4 Å². The summed E-state index contributed by atoms with van der Waals surface area (Å²) in [7, 11) is 0. The second-order valence-corrected chi connectivity index (χ2v) is 7.68. The molecule has 0 saturated carbocycles. The van der Waals surface area contributed by atoms with Crippen molar-refractivity contribution in [2.24, 2.45) is 5.92 Å². The van der Waals surface area contributed by atoms with Gasteiger partial charge in [-0.3, -0.25) is 4.79 Å². The third kappa shape index (κ3) is 4.48. The summed E-state index contributed by atoms with van der Waals surface area (Å²) in [6, 6.07) is 13.5. The van der Waals surface area contributed by atoms with Gasteiger partial charge in [-0.2, -0.15) is 0 Å². The summed E-state index contributed by atoms with van der Waals surface area (Å²) < 4.78 is 5.63. The molecule has 2 aromatic carbocycles. The molecule has 6 nitrogen and oxygen atoms in total. The predicted molar refractivity (Wildman–Crippen MR) is 115 cm³/mol. The zero-order valence-corrected chi connectivity index (χ0v) is 17.2. The number of amides is 1. The van der Waals surface area contributed by atoms with Crippen molar-refractivity contribution < 1.29 is 9.53 Å². The zero-order chi connectivity index (χ0) is 20.2. The Morgan fingerprint density at radius 3 is 2.86 bits per heavy atom. The highest BCUT2D eigenvalue weighted by molar-refractivity contribution is 6.31. The Balaban J connectivity index is 1.32. The summed E-state index contributed by atoms with van der Waals surface area (Å²) in [4.78, 5) is 22.8. The van der Waals surface area contributed by atoms with Crippen LogP contribution in [-0.4, -0.2) is 35.6 Å². The molecule has 1 aliphatic heterocycles. The molecule has 1 amide bonds. The lowest BCUT2D eigenvalue weighted by molar-refractivity contribution is -0.125. The molecule has 1 fully saturated rings. The van der Waals surface area contributed by atoms with Crippen LogP contribution < -0.4 is 15.0 Å². The number of aromatic amines is 1. The maximum Gasteiger partial charge on any atom is 0.223 e. The molecular weight excluding hydrogens is 388 g/mol. The monoisotopic (exact) mass is 412 g/mol. The van der Waals surface area contributed by atoms with Gasteiger partial charge in [0.1, 0.15) is 5.75 Å². The molecule has 2 heterocycles. The highest BCUT2D eigenvalue weighted by Crippen LogP contribution is 2.25. The number of benzene rings is 2. The number of fused-ring (bicyclic) bond motifs is 1. The Morgan fingerprint density at radius 2 is 2.07 bits per heavy atom. The van der Waals surface area contributed by atoms with Crippen molar-refractivity contribution in [2.75, 3.05) is 24.6 Å². The number of ether oxygens (including phenoxy) is 1. The molecule has 7 heteroatoms. The largest absolute Gasteiger partial charge is 0.494 e. The standard InChI is InChI=1S/C22H25ClN4O2/c1-2-29-20-6-4-3-5-16(20)14-24-21(28)15-9-11-27(12-10-15)22-25-18-8-7-17(23)13-19(18)26-22/h3-8,13,15H,2,9-12,14H2,1H3,(H,24,28)(H,25,26). The van der Waals surface area contributed by atoms with Gasteiger partial charge >= 0.3 is 0 Å². The summed E-state index contributed by atoms with van der Waals surface area (Å²) in [5.41, 5.74) is 2.83. The first-order valence-corrected chi connectivity index (χ1v) is 10.4. The lowest BCUT2D eigenvalue weighted by Gasteiger charge is -2.31. The topological polar surface area (TPSA) is 70.2 Å². The molecule has 152 valence electrons. The van der Waals surface area contributed by atoms with Gasteiger partial charge in [-0.05, 0) is 44.0 Å². The van der Waals surface area contributed by atoms with E-state index in [2.05, 4.69) is 20.2 Å². The first-order chi connectivity index (χ1) is 14.1. The normalized spacial score (nSPS) is 14.9. The minimum absolute atomic E-state index is 0.0179. The fourth-order valence-electron chi connectivity index (χ4n) is 3.74. The Labute approximate surface area is 175 Å². The number of H-pyrrole nitrogens is 1. The average Bonchev–Trinajstić information content (AvgIpc) is 3.16. The third-order valence-electron chi connectivity index (χ3n) is 5.32. The van der Waals surface area contributed by atoms with Crippen LogP contribution in [0.4, 0.5) is 5.95 Å². The van der Waals surface area contributed by atoms with E-state index in [0.29, 0.717) is 18.2 Å². The van der Waals surface area contributed by atoms with Crippen molar-refractivity contribution >= 4 is 34.5 Å². The van der Waals surface area contributed by atoms with E-state index in [9.17, 15) is 4.79 Å². The summed E-state index contributed by atoms with van der Waals surface area (Å²) >= 11 is 6.06. The second-order valence-electron chi connectivity index (χ2n) is 7.24. The van der Waals surface area contributed by atoms with Crippen molar-refractivity contribution in [3.05, 3.63) is 53.1 Å². The van der Waals surface area contributed by atoms with Gasteiger partial charge in [-0.25, -0.2) is 4.98 Å². The molecule has 0 bridgehead atoms. The van der Waals surface area contributed by atoms with Gasteiger partial charge in [0.2, 0.25) is 11.9 Å². The number of nitrogens with one attached hydrogen (secondary N) is 2. The number of imidazole rings is 1. The molecule has 0 atom stereocenters. The van der Waals surface area contributed by atoms with Crippen LogP contribution in [0.2, 0.25) is 5.02 Å². The zero-order valence-electron chi connectivity index (χ0n) is 16.5. The molecule has 4 rings (SSSR count). The van der Waals surface area contributed by atoms with Crippen LogP contribution >= 0.6 is 11.6 Å². The van der Waals surface area contributed by atoms with Crippen molar-refractivity contribution in [3.8, 4) is 5.75 Å². The average molecular weight is 413 g/mol. The van der Waals surface area contributed by atoms with E-state index >= 15 is 0 Å². The molecule has 3 aromatic rings. The highest BCUT2D eigenvalue weighted by Gasteiger charge is 2.26. The van der Waals surface area contributed by atoms with Crippen LogP contribution in [0, 0.1) is 5.92 Å². The van der Waals surface area contributed by atoms with Gasteiger partial charge < -0.3 is 19.9 Å². The Kier molecular flexibility index (Phi) is 5.90. The van der Waals surface area contributed by atoms with Crippen LogP contribution in [-0.2, 0) is 11.3 Å². The van der Waals surface area contributed by atoms with Gasteiger partial charge in [0.05, 0.1) is 17.6 Å². The number of nitrogens with zero attached hydrogens (tertiary/aromatic N) is 2. The number of carbonyl (C=O) groups is 1. The van der Waals surface area contributed by atoms with E-state index in [-0.39, 0.29) is 11.8 Å². The minimum atomic E-state index is 0.0179. The highest BCUT2D eigenvalue weighted by atomic mass is 35.5. The molecule has 1 saturated heterocycles. The number of hydrogen-bond donors (Lipinski definition) is 2. The van der Waals surface area contributed by atoms with E-state index in [1.54, 1.807) is 0 Å². The lowest BCUT2D eigenvalue weighted by Crippen LogP contribution is -2.40. The lowest BCUT2D eigenvalue weighted by atomic mass is 9.96.